The van der Waals surface area contributed by atoms with Gasteiger partial charge in [0.1, 0.15) is 17.0 Å². The zero-order valence-corrected chi connectivity index (χ0v) is 18.5. The molecule has 0 bridgehead atoms. The molecule has 31 heavy (non-hydrogen) atoms. The number of thiazole rings is 1. The molecule has 0 aliphatic rings. The number of hydrogen-bond donors (Lipinski definition) is 0. The maximum absolute atomic E-state index is 14.2. The van der Waals surface area contributed by atoms with Crippen LogP contribution in [0.25, 0.3) is 21.3 Å². The molecule has 2 aromatic heterocycles. The molecule has 2 heterocycles. The minimum absolute atomic E-state index is 0. The maximum atomic E-state index is 14.2. The lowest BCUT2D eigenvalue weighted by Gasteiger charge is -2.20. The van der Waals surface area contributed by atoms with Gasteiger partial charge in [-0.05, 0) is 45.3 Å². The van der Waals surface area contributed by atoms with Crippen molar-refractivity contribution in [2.75, 3.05) is 32.1 Å². The zero-order chi connectivity index (χ0) is 21.3. The fourth-order valence-electron chi connectivity index (χ4n) is 3.09. The van der Waals surface area contributed by atoms with Crippen LogP contribution in [-0.2, 0) is 0 Å². The van der Waals surface area contributed by atoms with Crippen LogP contribution in [0.1, 0.15) is 16.9 Å². The van der Waals surface area contributed by atoms with Gasteiger partial charge in [0.25, 0.3) is 5.91 Å². The van der Waals surface area contributed by atoms with E-state index in [4.69, 9.17) is 0 Å². The van der Waals surface area contributed by atoms with Gasteiger partial charge >= 0.3 is 0 Å². The van der Waals surface area contributed by atoms with E-state index < -0.39 is 11.6 Å². The van der Waals surface area contributed by atoms with Crippen molar-refractivity contribution in [1.82, 2.24) is 19.9 Å². The van der Waals surface area contributed by atoms with Gasteiger partial charge in [0, 0.05) is 12.6 Å². The van der Waals surface area contributed by atoms with E-state index in [1.165, 1.54) is 17.2 Å². The van der Waals surface area contributed by atoms with Crippen LogP contribution < -0.4 is 4.90 Å². The molecule has 0 aliphatic heterocycles. The quantitative estimate of drug-likeness (QED) is 0.420. The average Bonchev–Trinajstić information content (AvgIpc) is 3.14. The average molecular weight is 464 g/mol. The van der Waals surface area contributed by atoms with Crippen molar-refractivity contribution < 1.29 is 13.6 Å². The molecule has 4 aromatic rings. The van der Waals surface area contributed by atoms with Crippen LogP contribution in [-0.4, -0.2) is 52.9 Å². The van der Waals surface area contributed by atoms with E-state index in [1.807, 2.05) is 37.2 Å². The lowest BCUT2D eigenvalue weighted by atomic mass is 10.2. The second kappa shape index (κ2) is 9.59. The van der Waals surface area contributed by atoms with Gasteiger partial charge in [0.15, 0.2) is 10.9 Å². The van der Waals surface area contributed by atoms with Crippen molar-refractivity contribution in [2.45, 2.75) is 6.42 Å². The van der Waals surface area contributed by atoms with E-state index in [9.17, 15) is 13.6 Å². The Bertz CT molecular complexity index is 1230. The molecule has 0 unspecified atom stereocenters. The molecule has 162 valence electrons. The zero-order valence-electron chi connectivity index (χ0n) is 16.9. The molecular weight excluding hydrogens is 444 g/mol. The first-order valence-corrected chi connectivity index (χ1v) is 10.2. The minimum atomic E-state index is -0.751. The molecule has 0 spiro atoms. The largest absolute Gasteiger partial charge is 0.309 e. The SMILES string of the molecule is CN(C)CCCN(C(=O)c1cnc2ccccc2n1)c1nc2c(F)cc(F)cc2s1.Cl. The first-order chi connectivity index (χ1) is 14.4. The van der Waals surface area contributed by atoms with E-state index in [-0.39, 0.29) is 29.5 Å². The van der Waals surface area contributed by atoms with Gasteiger partial charge < -0.3 is 4.90 Å². The highest BCUT2D eigenvalue weighted by atomic mass is 35.5. The summed E-state index contributed by atoms with van der Waals surface area (Å²) < 4.78 is 28.1. The Hall–Kier alpha value is -2.75. The predicted molar refractivity (Wildman–Crippen MR) is 121 cm³/mol. The summed E-state index contributed by atoms with van der Waals surface area (Å²) in [6.07, 6.45) is 2.10. The van der Waals surface area contributed by atoms with Crippen LogP contribution in [0.5, 0.6) is 0 Å². The third-order valence-electron chi connectivity index (χ3n) is 4.53. The number of anilines is 1. The number of benzene rings is 2. The molecule has 6 nitrogen and oxygen atoms in total. The fraction of sp³-hybridized carbons (Fsp3) is 0.238. The molecule has 10 heteroatoms. The van der Waals surface area contributed by atoms with Gasteiger partial charge in [-0.2, -0.15) is 0 Å². The third kappa shape index (κ3) is 4.95. The summed E-state index contributed by atoms with van der Waals surface area (Å²) >= 11 is 1.07. The lowest BCUT2D eigenvalue weighted by Crippen LogP contribution is -2.34. The standard InChI is InChI=1S/C21H19F2N5OS.ClH/c1-27(2)8-5-9-28(21-26-19-14(23)10-13(22)11-18(19)30-21)20(29)17-12-24-15-6-3-4-7-16(15)25-17;/h3-4,6-7,10-12H,5,8-9H2,1-2H3;1H. The molecular formula is C21H20ClF2N5OS. The molecule has 0 saturated carbocycles. The van der Waals surface area contributed by atoms with Crippen molar-refractivity contribution in [2.24, 2.45) is 0 Å². The first-order valence-electron chi connectivity index (χ1n) is 9.36. The number of para-hydroxylation sites is 2. The van der Waals surface area contributed by atoms with Gasteiger partial charge in [-0.1, -0.05) is 23.5 Å². The Kier molecular flexibility index (Phi) is 7.09. The molecule has 0 aliphatic carbocycles. The fourth-order valence-corrected chi connectivity index (χ4v) is 4.12. The summed E-state index contributed by atoms with van der Waals surface area (Å²) in [5.74, 6) is -1.81. The van der Waals surface area contributed by atoms with Crippen molar-refractivity contribution >= 4 is 56.0 Å². The number of amides is 1. The van der Waals surface area contributed by atoms with E-state index in [1.54, 1.807) is 6.07 Å². The van der Waals surface area contributed by atoms with Gasteiger partial charge in [0.05, 0.1) is 21.9 Å². The Balaban J connectivity index is 0.00000272. The molecule has 0 atom stereocenters. The van der Waals surface area contributed by atoms with Crippen LogP contribution in [0.4, 0.5) is 13.9 Å². The first kappa shape index (κ1) is 22.9. The van der Waals surface area contributed by atoms with E-state index in [0.717, 1.165) is 23.9 Å². The summed E-state index contributed by atoms with van der Waals surface area (Å²) in [6, 6.07) is 9.28. The van der Waals surface area contributed by atoms with Gasteiger partial charge in [-0.15, -0.1) is 12.4 Å². The maximum Gasteiger partial charge on any atom is 0.280 e. The van der Waals surface area contributed by atoms with Crippen LogP contribution in [0.2, 0.25) is 0 Å². The summed E-state index contributed by atoms with van der Waals surface area (Å²) in [5, 5.41) is 0.299. The Morgan fingerprint density at radius 3 is 2.55 bits per heavy atom. The number of hydrogen-bond acceptors (Lipinski definition) is 6. The second-order valence-electron chi connectivity index (χ2n) is 7.09. The van der Waals surface area contributed by atoms with Crippen LogP contribution in [0.15, 0.2) is 42.6 Å². The predicted octanol–water partition coefficient (Wildman–Crippen LogP) is 4.54. The summed E-state index contributed by atoms with van der Waals surface area (Å²) in [7, 11) is 3.88. The molecule has 0 fully saturated rings. The third-order valence-corrected chi connectivity index (χ3v) is 5.56. The van der Waals surface area contributed by atoms with Gasteiger partial charge in [-0.25, -0.2) is 18.7 Å². The number of rotatable bonds is 6. The lowest BCUT2D eigenvalue weighted by molar-refractivity contribution is 0.0981. The Morgan fingerprint density at radius 2 is 1.81 bits per heavy atom. The monoisotopic (exact) mass is 463 g/mol. The van der Waals surface area contributed by atoms with Crippen molar-refractivity contribution in [3.63, 3.8) is 0 Å². The van der Waals surface area contributed by atoms with Crippen molar-refractivity contribution in [3.05, 3.63) is 59.9 Å². The number of carbonyl (C=O) groups is 1. The molecule has 0 N–H and O–H groups in total. The summed E-state index contributed by atoms with van der Waals surface area (Å²) in [5.41, 5.74) is 1.51. The molecule has 4 rings (SSSR count). The highest BCUT2D eigenvalue weighted by Gasteiger charge is 2.24. The number of aromatic nitrogens is 3. The van der Waals surface area contributed by atoms with Crippen LogP contribution >= 0.6 is 23.7 Å². The topological polar surface area (TPSA) is 62.2 Å². The van der Waals surface area contributed by atoms with Gasteiger partial charge in [-0.3, -0.25) is 14.7 Å². The number of nitrogens with zero attached hydrogens (tertiary/aromatic N) is 5. The van der Waals surface area contributed by atoms with Crippen LogP contribution in [0, 0.1) is 11.6 Å². The number of halogens is 3. The van der Waals surface area contributed by atoms with E-state index in [2.05, 4.69) is 15.0 Å². The molecule has 0 saturated heterocycles. The molecule has 0 radical (unpaired) electrons. The second-order valence-corrected chi connectivity index (χ2v) is 8.10. The summed E-state index contributed by atoms with van der Waals surface area (Å²) in [6.45, 7) is 1.11. The van der Waals surface area contributed by atoms with E-state index in [0.29, 0.717) is 33.8 Å². The number of carbonyl (C=O) groups excluding carboxylic acids is 1. The Morgan fingerprint density at radius 1 is 1.06 bits per heavy atom. The highest BCUT2D eigenvalue weighted by Crippen LogP contribution is 2.32. The highest BCUT2D eigenvalue weighted by molar-refractivity contribution is 7.22. The van der Waals surface area contributed by atoms with Gasteiger partial charge in [0.2, 0.25) is 0 Å². The molecule has 2 aromatic carbocycles. The normalized spacial score (nSPS) is 11.1. The Labute approximate surface area is 188 Å². The minimum Gasteiger partial charge on any atom is -0.309 e. The van der Waals surface area contributed by atoms with Crippen LogP contribution in [0.3, 0.4) is 0 Å². The van der Waals surface area contributed by atoms with Crippen molar-refractivity contribution in [1.29, 1.82) is 0 Å². The number of fused-ring (bicyclic) bond motifs is 2. The van der Waals surface area contributed by atoms with E-state index >= 15 is 0 Å². The smallest absolute Gasteiger partial charge is 0.280 e. The van der Waals surface area contributed by atoms with Crippen molar-refractivity contribution in [3.8, 4) is 0 Å². The molecule has 1 amide bonds. The summed E-state index contributed by atoms with van der Waals surface area (Å²) in [4.78, 5) is 29.8.